The van der Waals surface area contributed by atoms with Crippen molar-refractivity contribution in [3.8, 4) is 11.5 Å². The highest BCUT2D eigenvalue weighted by Crippen LogP contribution is 2.37. The highest BCUT2D eigenvalue weighted by Gasteiger charge is 2.36. The molecule has 0 saturated carbocycles. The number of carboxylic acids is 1. The Hall–Kier alpha value is -3.38. The molecule has 32 heavy (non-hydrogen) atoms. The smallest absolute Gasteiger partial charge is 0.320 e. The number of likely N-dealkylation sites (tertiary alicyclic amines) is 1. The summed E-state index contributed by atoms with van der Waals surface area (Å²) in [5.74, 6) is 0.469. The first-order chi connectivity index (χ1) is 15.7. The van der Waals surface area contributed by atoms with Crippen LogP contribution in [0.5, 0.6) is 11.5 Å². The van der Waals surface area contributed by atoms with E-state index in [0.717, 1.165) is 29.7 Å². The number of aliphatic carboxylic acids is 1. The SMILES string of the molecule is COc1cc(C(c2ccccn2)N2CCCCC2C(=O)O)ccc1OCc1ccccc1. The number of pyridine rings is 1. The number of hydrogen-bond donors (Lipinski definition) is 1. The fraction of sp³-hybridized carbons (Fsp3) is 0.308. The molecule has 1 aliphatic rings. The largest absolute Gasteiger partial charge is 0.493 e. The molecule has 0 amide bonds. The van der Waals surface area contributed by atoms with E-state index in [1.54, 1.807) is 13.3 Å². The van der Waals surface area contributed by atoms with Crippen LogP contribution in [0.3, 0.4) is 0 Å². The topological polar surface area (TPSA) is 71.9 Å². The Morgan fingerprint density at radius 3 is 2.62 bits per heavy atom. The number of carbonyl (C=O) groups is 1. The molecule has 6 heteroatoms. The molecular weight excluding hydrogens is 404 g/mol. The van der Waals surface area contributed by atoms with Crippen molar-refractivity contribution in [1.82, 2.24) is 9.88 Å². The molecular formula is C26H28N2O4. The number of rotatable bonds is 8. The van der Waals surface area contributed by atoms with Crippen LogP contribution in [0.2, 0.25) is 0 Å². The summed E-state index contributed by atoms with van der Waals surface area (Å²) in [6, 6.07) is 20.7. The quantitative estimate of drug-likeness (QED) is 0.556. The summed E-state index contributed by atoms with van der Waals surface area (Å²) in [4.78, 5) is 18.6. The number of piperidine rings is 1. The Labute approximate surface area is 188 Å². The second kappa shape index (κ2) is 10.3. The van der Waals surface area contributed by atoms with Crippen LogP contribution in [0.15, 0.2) is 72.9 Å². The van der Waals surface area contributed by atoms with Gasteiger partial charge >= 0.3 is 5.97 Å². The third-order valence-corrected chi connectivity index (χ3v) is 5.87. The van der Waals surface area contributed by atoms with E-state index >= 15 is 0 Å². The molecule has 0 spiro atoms. The van der Waals surface area contributed by atoms with Gasteiger partial charge < -0.3 is 14.6 Å². The van der Waals surface area contributed by atoms with Crippen molar-refractivity contribution >= 4 is 5.97 Å². The van der Waals surface area contributed by atoms with Crippen LogP contribution in [0.1, 0.15) is 42.1 Å². The van der Waals surface area contributed by atoms with Gasteiger partial charge in [-0.05, 0) is 54.8 Å². The van der Waals surface area contributed by atoms with Crippen molar-refractivity contribution < 1.29 is 19.4 Å². The monoisotopic (exact) mass is 432 g/mol. The number of carboxylic acid groups (broad SMARTS) is 1. The number of benzene rings is 2. The maximum atomic E-state index is 12.0. The highest BCUT2D eigenvalue weighted by atomic mass is 16.5. The van der Waals surface area contributed by atoms with E-state index in [4.69, 9.17) is 9.47 Å². The van der Waals surface area contributed by atoms with Crippen molar-refractivity contribution in [2.75, 3.05) is 13.7 Å². The third kappa shape index (κ3) is 4.92. The summed E-state index contributed by atoms with van der Waals surface area (Å²) >= 11 is 0. The molecule has 1 saturated heterocycles. The van der Waals surface area contributed by atoms with Gasteiger partial charge in [-0.25, -0.2) is 0 Å². The van der Waals surface area contributed by atoms with Gasteiger partial charge in [0, 0.05) is 6.20 Å². The minimum Gasteiger partial charge on any atom is -0.493 e. The lowest BCUT2D eigenvalue weighted by molar-refractivity contribution is -0.145. The lowest BCUT2D eigenvalue weighted by atomic mass is 9.94. The lowest BCUT2D eigenvalue weighted by Gasteiger charge is -2.39. The van der Waals surface area contributed by atoms with Crippen molar-refractivity contribution in [3.63, 3.8) is 0 Å². The van der Waals surface area contributed by atoms with Crippen molar-refractivity contribution in [2.24, 2.45) is 0 Å². The average Bonchev–Trinajstić information content (AvgIpc) is 2.85. The molecule has 2 heterocycles. The number of methoxy groups -OCH3 is 1. The first kappa shape index (κ1) is 21.8. The summed E-state index contributed by atoms with van der Waals surface area (Å²) in [6.45, 7) is 1.14. The average molecular weight is 433 g/mol. The molecule has 2 unspecified atom stereocenters. The summed E-state index contributed by atoms with van der Waals surface area (Å²) in [6.07, 6.45) is 4.26. The molecule has 1 aromatic heterocycles. The van der Waals surface area contributed by atoms with E-state index in [9.17, 15) is 9.90 Å². The zero-order chi connectivity index (χ0) is 22.3. The summed E-state index contributed by atoms with van der Waals surface area (Å²) in [7, 11) is 1.62. The molecule has 2 aromatic carbocycles. The van der Waals surface area contributed by atoms with Crippen LogP contribution in [0, 0.1) is 0 Å². The molecule has 1 aliphatic heterocycles. The van der Waals surface area contributed by atoms with Crippen LogP contribution in [-0.4, -0.2) is 40.7 Å². The highest BCUT2D eigenvalue weighted by molar-refractivity contribution is 5.73. The predicted octanol–water partition coefficient (Wildman–Crippen LogP) is 4.70. The molecule has 0 aliphatic carbocycles. The molecule has 1 N–H and O–H groups in total. The van der Waals surface area contributed by atoms with Gasteiger partial charge in [-0.3, -0.25) is 14.7 Å². The number of nitrogens with zero attached hydrogens (tertiary/aromatic N) is 2. The zero-order valence-electron chi connectivity index (χ0n) is 18.2. The molecule has 6 nitrogen and oxygen atoms in total. The predicted molar refractivity (Wildman–Crippen MR) is 122 cm³/mol. The van der Waals surface area contributed by atoms with Gasteiger partial charge in [0.1, 0.15) is 12.6 Å². The van der Waals surface area contributed by atoms with Crippen LogP contribution in [0.25, 0.3) is 0 Å². The van der Waals surface area contributed by atoms with E-state index in [-0.39, 0.29) is 6.04 Å². The van der Waals surface area contributed by atoms with E-state index < -0.39 is 12.0 Å². The normalized spacial score (nSPS) is 17.5. The molecule has 3 aromatic rings. The molecule has 0 bridgehead atoms. The Morgan fingerprint density at radius 2 is 1.91 bits per heavy atom. The molecule has 4 rings (SSSR count). The number of hydrogen-bond acceptors (Lipinski definition) is 5. The fourth-order valence-electron chi connectivity index (χ4n) is 4.31. The Bertz CT molecular complexity index is 1030. The first-order valence-electron chi connectivity index (χ1n) is 10.9. The van der Waals surface area contributed by atoms with Gasteiger partial charge in [-0.1, -0.05) is 48.9 Å². The molecule has 0 radical (unpaired) electrons. The molecule has 1 fully saturated rings. The van der Waals surface area contributed by atoms with Gasteiger partial charge in [0.15, 0.2) is 11.5 Å². The second-order valence-electron chi connectivity index (χ2n) is 7.93. The van der Waals surface area contributed by atoms with E-state index in [1.165, 1.54) is 0 Å². The molecule has 166 valence electrons. The Morgan fingerprint density at radius 1 is 1.09 bits per heavy atom. The van der Waals surface area contributed by atoms with Gasteiger partial charge in [0.25, 0.3) is 0 Å². The van der Waals surface area contributed by atoms with Crippen LogP contribution in [0.4, 0.5) is 0 Å². The summed E-state index contributed by atoms with van der Waals surface area (Å²) < 4.78 is 11.7. The van der Waals surface area contributed by atoms with E-state index in [2.05, 4.69) is 4.98 Å². The third-order valence-electron chi connectivity index (χ3n) is 5.87. The van der Waals surface area contributed by atoms with Gasteiger partial charge in [0.2, 0.25) is 0 Å². The Kier molecular flexibility index (Phi) is 7.02. The van der Waals surface area contributed by atoms with E-state index in [1.807, 2.05) is 71.6 Å². The fourth-order valence-corrected chi connectivity index (χ4v) is 4.31. The van der Waals surface area contributed by atoms with Crippen molar-refractivity contribution in [2.45, 2.75) is 38.0 Å². The maximum absolute atomic E-state index is 12.0. The lowest BCUT2D eigenvalue weighted by Crippen LogP contribution is -2.47. The molecule has 2 atom stereocenters. The Balaban J connectivity index is 1.67. The standard InChI is InChI=1S/C26H28N2O4/c1-31-24-17-20(13-14-23(24)32-18-19-9-3-2-4-10-19)25(21-11-5-7-15-27-21)28-16-8-6-12-22(28)26(29)30/h2-5,7,9-11,13-15,17,22,25H,6,8,12,16,18H2,1H3,(H,29,30). The van der Waals surface area contributed by atoms with Gasteiger partial charge in [-0.2, -0.15) is 0 Å². The summed E-state index contributed by atoms with van der Waals surface area (Å²) in [5, 5.41) is 9.87. The van der Waals surface area contributed by atoms with Gasteiger partial charge in [-0.15, -0.1) is 0 Å². The maximum Gasteiger partial charge on any atom is 0.320 e. The van der Waals surface area contributed by atoms with Crippen LogP contribution < -0.4 is 9.47 Å². The van der Waals surface area contributed by atoms with Crippen LogP contribution >= 0.6 is 0 Å². The number of ether oxygens (including phenoxy) is 2. The number of aromatic nitrogens is 1. The van der Waals surface area contributed by atoms with E-state index in [0.29, 0.717) is 31.1 Å². The zero-order valence-corrected chi connectivity index (χ0v) is 18.2. The van der Waals surface area contributed by atoms with Crippen LogP contribution in [-0.2, 0) is 11.4 Å². The second-order valence-corrected chi connectivity index (χ2v) is 7.93. The minimum absolute atomic E-state index is 0.283. The van der Waals surface area contributed by atoms with Crippen molar-refractivity contribution in [1.29, 1.82) is 0 Å². The van der Waals surface area contributed by atoms with Gasteiger partial charge in [0.05, 0.1) is 18.8 Å². The minimum atomic E-state index is -0.791. The first-order valence-corrected chi connectivity index (χ1v) is 10.9. The summed E-state index contributed by atoms with van der Waals surface area (Å²) in [5.41, 5.74) is 2.82. The van der Waals surface area contributed by atoms with Crippen molar-refractivity contribution in [3.05, 3.63) is 89.7 Å².